The van der Waals surface area contributed by atoms with Gasteiger partial charge in [0.25, 0.3) is 0 Å². The van der Waals surface area contributed by atoms with E-state index in [4.69, 9.17) is 0 Å². The van der Waals surface area contributed by atoms with Gasteiger partial charge in [-0.3, -0.25) is 4.79 Å². The Morgan fingerprint density at radius 1 is 1.32 bits per heavy atom. The van der Waals surface area contributed by atoms with Gasteiger partial charge in [-0.15, -0.1) is 0 Å². The minimum absolute atomic E-state index is 0.0107. The lowest BCUT2D eigenvalue weighted by molar-refractivity contribution is -0.144. The van der Waals surface area contributed by atoms with Crippen LogP contribution in [-0.4, -0.2) is 39.8 Å². The summed E-state index contributed by atoms with van der Waals surface area (Å²) in [7, 11) is -2.47. The van der Waals surface area contributed by atoms with Crippen LogP contribution in [0.25, 0.3) is 0 Å². The SMILES string of the molecule is COC(=O)[C@H]1CNC[C@@H]1S(=O)(=O)c1ccc(F)cc1. The van der Waals surface area contributed by atoms with Crippen molar-refractivity contribution in [3.8, 4) is 0 Å². The van der Waals surface area contributed by atoms with Gasteiger partial charge in [0.15, 0.2) is 9.84 Å². The molecule has 0 unspecified atom stereocenters. The molecule has 1 aromatic carbocycles. The molecule has 0 bridgehead atoms. The lowest BCUT2D eigenvalue weighted by atomic mass is 10.1. The minimum Gasteiger partial charge on any atom is -0.469 e. The summed E-state index contributed by atoms with van der Waals surface area (Å²) < 4.78 is 42.3. The molecule has 1 saturated heterocycles. The van der Waals surface area contributed by atoms with Crippen molar-refractivity contribution in [1.29, 1.82) is 0 Å². The summed E-state index contributed by atoms with van der Waals surface area (Å²) in [5.41, 5.74) is 0. The Bertz CT molecular complexity index is 570. The van der Waals surface area contributed by atoms with Crippen LogP contribution in [0.15, 0.2) is 29.2 Å². The van der Waals surface area contributed by atoms with Gasteiger partial charge in [-0.2, -0.15) is 0 Å². The van der Waals surface area contributed by atoms with Gasteiger partial charge in [-0.25, -0.2) is 12.8 Å². The largest absolute Gasteiger partial charge is 0.469 e. The van der Waals surface area contributed by atoms with Crippen LogP contribution in [0.4, 0.5) is 4.39 Å². The van der Waals surface area contributed by atoms with Gasteiger partial charge >= 0.3 is 5.97 Å². The molecule has 19 heavy (non-hydrogen) atoms. The first-order chi connectivity index (χ1) is 8.96. The number of carbonyl (C=O) groups excluding carboxylic acids is 1. The maximum Gasteiger partial charge on any atom is 0.311 e. The van der Waals surface area contributed by atoms with E-state index in [1.54, 1.807) is 0 Å². The van der Waals surface area contributed by atoms with Crippen LogP contribution < -0.4 is 5.32 Å². The molecule has 0 amide bonds. The summed E-state index contributed by atoms with van der Waals surface area (Å²) in [6, 6.07) is 4.58. The van der Waals surface area contributed by atoms with Crippen LogP contribution in [-0.2, 0) is 19.4 Å². The number of hydrogen-bond acceptors (Lipinski definition) is 5. The van der Waals surface area contributed by atoms with Gasteiger partial charge in [0.2, 0.25) is 0 Å². The molecular formula is C12H14FNO4S. The van der Waals surface area contributed by atoms with Crippen molar-refractivity contribution in [2.24, 2.45) is 5.92 Å². The van der Waals surface area contributed by atoms with E-state index in [1.807, 2.05) is 0 Å². The fourth-order valence-electron chi connectivity index (χ4n) is 2.17. The van der Waals surface area contributed by atoms with E-state index >= 15 is 0 Å². The van der Waals surface area contributed by atoms with Crippen molar-refractivity contribution in [3.05, 3.63) is 30.1 Å². The molecule has 0 aromatic heterocycles. The van der Waals surface area contributed by atoms with Crippen molar-refractivity contribution in [2.75, 3.05) is 20.2 Å². The Labute approximate surface area is 110 Å². The molecule has 1 fully saturated rings. The maximum absolute atomic E-state index is 12.8. The number of hydrogen-bond donors (Lipinski definition) is 1. The van der Waals surface area contributed by atoms with Crippen LogP contribution in [0.5, 0.6) is 0 Å². The first-order valence-corrected chi connectivity index (χ1v) is 7.29. The number of carbonyl (C=O) groups is 1. The first kappa shape index (κ1) is 14.0. The summed E-state index contributed by atoms with van der Waals surface area (Å²) in [6.45, 7) is 0.442. The van der Waals surface area contributed by atoms with E-state index in [1.165, 1.54) is 19.2 Å². The summed E-state index contributed by atoms with van der Waals surface area (Å²) in [5.74, 6) is -1.80. The molecule has 5 nitrogen and oxygen atoms in total. The highest BCUT2D eigenvalue weighted by atomic mass is 32.2. The number of ether oxygens (including phenoxy) is 1. The van der Waals surface area contributed by atoms with Gasteiger partial charge < -0.3 is 10.1 Å². The zero-order valence-electron chi connectivity index (χ0n) is 10.3. The van der Waals surface area contributed by atoms with E-state index in [-0.39, 0.29) is 18.0 Å². The van der Waals surface area contributed by atoms with Crippen LogP contribution in [0.3, 0.4) is 0 Å². The maximum atomic E-state index is 12.8. The molecule has 1 aliphatic heterocycles. The van der Waals surface area contributed by atoms with Gasteiger partial charge in [-0.05, 0) is 24.3 Å². The molecule has 2 atom stereocenters. The van der Waals surface area contributed by atoms with Gasteiger partial charge in [0, 0.05) is 13.1 Å². The number of rotatable bonds is 3. The summed E-state index contributed by atoms with van der Waals surface area (Å²) in [5, 5.41) is 1.99. The predicted octanol–water partition coefficient (Wildman–Crippen LogP) is 0.360. The van der Waals surface area contributed by atoms with E-state index in [0.717, 1.165) is 12.1 Å². The Morgan fingerprint density at radius 3 is 2.53 bits per heavy atom. The quantitative estimate of drug-likeness (QED) is 0.642. The fourth-order valence-corrected chi connectivity index (χ4v) is 4.01. The van der Waals surface area contributed by atoms with E-state index in [9.17, 15) is 17.6 Å². The number of esters is 1. The normalized spacial score (nSPS) is 23.3. The van der Waals surface area contributed by atoms with Crippen LogP contribution in [0, 0.1) is 11.7 Å². The molecule has 1 aliphatic rings. The van der Waals surface area contributed by atoms with Gasteiger partial charge in [-0.1, -0.05) is 0 Å². The first-order valence-electron chi connectivity index (χ1n) is 5.75. The highest BCUT2D eigenvalue weighted by Gasteiger charge is 2.42. The summed E-state index contributed by atoms with van der Waals surface area (Å²) in [6.07, 6.45) is 0. The molecule has 0 spiro atoms. The van der Waals surface area contributed by atoms with Crippen molar-refractivity contribution in [3.63, 3.8) is 0 Å². The zero-order valence-corrected chi connectivity index (χ0v) is 11.1. The van der Waals surface area contributed by atoms with Crippen molar-refractivity contribution in [2.45, 2.75) is 10.1 Å². The molecule has 104 valence electrons. The minimum atomic E-state index is -3.69. The van der Waals surface area contributed by atoms with E-state index in [2.05, 4.69) is 10.1 Å². The van der Waals surface area contributed by atoms with E-state index < -0.39 is 32.8 Å². The second kappa shape index (κ2) is 5.26. The van der Waals surface area contributed by atoms with Crippen LogP contribution in [0.1, 0.15) is 0 Å². The third kappa shape index (κ3) is 2.62. The number of nitrogens with one attached hydrogen (secondary N) is 1. The monoisotopic (exact) mass is 287 g/mol. The average molecular weight is 287 g/mol. The topological polar surface area (TPSA) is 72.5 Å². The lowest BCUT2D eigenvalue weighted by Crippen LogP contribution is -2.34. The summed E-state index contributed by atoms with van der Waals surface area (Å²) >= 11 is 0. The number of sulfone groups is 1. The fraction of sp³-hybridized carbons (Fsp3) is 0.417. The smallest absolute Gasteiger partial charge is 0.311 e. The van der Waals surface area contributed by atoms with E-state index in [0.29, 0.717) is 0 Å². The second-order valence-electron chi connectivity index (χ2n) is 4.33. The predicted molar refractivity (Wildman–Crippen MR) is 65.7 cm³/mol. The lowest BCUT2D eigenvalue weighted by Gasteiger charge is -2.17. The highest BCUT2D eigenvalue weighted by Crippen LogP contribution is 2.25. The van der Waals surface area contributed by atoms with Crippen LogP contribution in [0.2, 0.25) is 0 Å². The van der Waals surface area contributed by atoms with Crippen molar-refractivity contribution >= 4 is 15.8 Å². The number of halogens is 1. The highest BCUT2D eigenvalue weighted by molar-refractivity contribution is 7.92. The molecule has 7 heteroatoms. The molecule has 1 heterocycles. The molecule has 0 aliphatic carbocycles. The van der Waals surface area contributed by atoms with Crippen LogP contribution >= 0.6 is 0 Å². The third-order valence-electron chi connectivity index (χ3n) is 3.20. The Morgan fingerprint density at radius 2 is 1.95 bits per heavy atom. The Hall–Kier alpha value is -1.47. The summed E-state index contributed by atoms with van der Waals surface area (Å²) in [4.78, 5) is 11.6. The number of methoxy groups -OCH3 is 1. The molecular weight excluding hydrogens is 273 g/mol. The average Bonchev–Trinajstić information content (AvgIpc) is 2.88. The molecule has 0 radical (unpaired) electrons. The standard InChI is InChI=1S/C12H14FNO4S/c1-18-12(15)10-6-14-7-11(10)19(16,17)9-4-2-8(13)3-5-9/h2-5,10-11,14H,6-7H2,1H3/t10-,11-/m0/s1. The van der Waals surface area contributed by atoms with Gasteiger partial charge in [0.1, 0.15) is 5.82 Å². The zero-order chi connectivity index (χ0) is 14.0. The van der Waals surface area contributed by atoms with Crippen molar-refractivity contribution in [1.82, 2.24) is 5.32 Å². The second-order valence-corrected chi connectivity index (χ2v) is 6.49. The molecule has 1 N–H and O–H groups in total. The third-order valence-corrected chi connectivity index (χ3v) is 5.42. The molecule has 1 aromatic rings. The van der Waals surface area contributed by atoms with Gasteiger partial charge in [0.05, 0.1) is 23.2 Å². The Balaban J connectivity index is 2.33. The van der Waals surface area contributed by atoms with Crippen molar-refractivity contribution < 1.29 is 22.3 Å². The Kier molecular flexibility index (Phi) is 3.86. The molecule has 0 saturated carbocycles. The molecule has 2 rings (SSSR count). The number of benzene rings is 1.